The Morgan fingerprint density at radius 1 is 1.57 bits per heavy atom. The molecule has 0 radical (unpaired) electrons. The maximum absolute atomic E-state index is 12.4. The second kappa shape index (κ2) is 7.29. The summed E-state index contributed by atoms with van der Waals surface area (Å²) in [6.45, 7) is 2.22. The first-order valence-electron chi connectivity index (χ1n) is 7.17. The molecule has 118 valence electrons. The molecule has 6 nitrogen and oxygen atoms in total. The maximum atomic E-state index is 12.4. The number of nitrogens with one attached hydrogen (secondary N) is 2. The van der Waals surface area contributed by atoms with E-state index < -0.39 is 0 Å². The third-order valence-corrected chi connectivity index (χ3v) is 5.45. The molecule has 1 atom stereocenters. The highest BCUT2D eigenvalue weighted by Gasteiger charge is 2.33. The largest absolute Gasteiger partial charge is 0.381 e. The highest BCUT2D eigenvalue weighted by molar-refractivity contribution is 8.00. The van der Waals surface area contributed by atoms with E-state index in [1.165, 1.54) is 0 Å². The predicted octanol–water partition coefficient (Wildman–Crippen LogP) is 0.709. The predicted molar refractivity (Wildman–Crippen MR) is 84.3 cm³/mol. The summed E-state index contributed by atoms with van der Waals surface area (Å²) in [4.78, 5) is 12.4. The molecule has 1 fully saturated rings. The molecule has 0 saturated carbocycles. The smallest absolute Gasteiger partial charge is 0.241 e. The molecule has 1 aromatic heterocycles. The van der Waals surface area contributed by atoms with E-state index in [9.17, 15) is 4.79 Å². The fourth-order valence-corrected chi connectivity index (χ4v) is 3.38. The van der Waals surface area contributed by atoms with Crippen molar-refractivity contribution in [2.45, 2.75) is 23.6 Å². The number of aromatic nitrogens is 2. The molecular formula is C14H24N4O2S. The van der Waals surface area contributed by atoms with Crippen molar-refractivity contribution in [3.05, 3.63) is 18.0 Å². The number of carbonyl (C=O) groups is 1. The number of hydrogen-bond acceptors (Lipinski definition) is 5. The molecule has 1 aliphatic rings. The molecule has 2 N–H and O–H groups in total. The van der Waals surface area contributed by atoms with Crippen LogP contribution in [0.3, 0.4) is 0 Å². The van der Waals surface area contributed by atoms with Crippen molar-refractivity contribution in [2.24, 2.45) is 7.05 Å². The quantitative estimate of drug-likeness (QED) is 0.810. The van der Waals surface area contributed by atoms with Crippen LogP contribution in [0.1, 0.15) is 24.4 Å². The van der Waals surface area contributed by atoms with Crippen molar-refractivity contribution in [1.29, 1.82) is 0 Å². The first-order valence-corrected chi connectivity index (χ1v) is 8.39. The Bertz CT molecular complexity index is 471. The van der Waals surface area contributed by atoms with E-state index in [1.807, 2.05) is 25.0 Å². The highest BCUT2D eigenvalue weighted by atomic mass is 32.2. The Balaban J connectivity index is 1.96. The molecule has 1 aliphatic heterocycles. The van der Waals surface area contributed by atoms with E-state index in [1.54, 1.807) is 17.9 Å². The van der Waals surface area contributed by atoms with E-state index in [2.05, 4.69) is 22.0 Å². The summed E-state index contributed by atoms with van der Waals surface area (Å²) >= 11 is 1.82. The van der Waals surface area contributed by atoms with Gasteiger partial charge >= 0.3 is 0 Å². The van der Waals surface area contributed by atoms with Crippen molar-refractivity contribution in [3.8, 4) is 0 Å². The van der Waals surface area contributed by atoms with Gasteiger partial charge in [-0.3, -0.25) is 9.48 Å². The molecule has 1 amide bonds. The minimum absolute atomic E-state index is 0.00887. The normalized spacial score (nSPS) is 19.2. The number of rotatable bonds is 6. The molecular weight excluding hydrogens is 288 g/mol. The highest BCUT2D eigenvalue weighted by Crippen LogP contribution is 2.33. The zero-order valence-corrected chi connectivity index (χ0v) is 13.7. The van der Waals surface area contributed by atoms with Crippen molar-refractivity contribution >= 4 is 17.7 Å². The van der Waals surface area contributed by atoms with Crippen molar-refractivity contribution in [2.75, 3.05) is 33.1 Å². The van der Waals surface area contributed by atoms with Crippen LogP contribution in [0.25, 0.3) is 0 Å². The SMILES string of the molecule is CNC(C(=O)NCC1(SC)CCOCC1)c1cnn(C)c1. The third-order valence-electron chi connectivity index (χ3n) is 4.03. The van der Waals surface area contributed by atoms with Gasteiger partial charge in [-0.15, -0.1) is 0 Å². The van der Waals surface area contributed by atoms with Crippen molar-refractivity contribution < 1.29 is 9.53 Å². The molecule has 2 rings (SSSR count). The molecule has 1 aromatic rings. The van der Waals surface area contributed by atoms with Crippen molar-refractivity contribution in [1.82, 2.24) is 20.4 Å². The van der Waals surface area contributed by atoms with Crippen LogP contribution in [0, 0.1) is 0 Å². The summed E-state index contributed by atoms with van der Waals surface area (Å²) in [6.07, 6.45) is 7.64. The summed E-state index contributed by atoms with van der Waals surface area (Å²) in [6, 6.07) is -0.363. The van der Waals surface area contributed by atoms with E-state index in [4.69, 9.17) is 4.74 Å². The number of ether oxygens (including phenoxy) is 1. The minimum Gasteiger partial charge on any atom is -0.381 e. The minimum atomic E-state index is -0.363. The van der Waals surface area contributed by atoms with Gasteiger partial charge in [0.1, 0.15) is 6.04 Å². The summed E-state index contributed by atoms with van der Waals surface area (Å²) in [5.41, 5.74) is 0.877. The number of hydrogen-bond donors (Lipinski definition) is 2. The topological polar surface area (TPSA) is 68.2 Å². The molecule has 0 bridgehead atoms. The van der Waals surface area contributed by atoms with Gasteiger partial charge in [0.05, 0.1) is 6.20 Å². The number of amides is 1. The van der Waals surface area contributed by atoms with Gasteiger partial charge in [0.25, 0.3) is 0 Å². The molecule has 0 aromatic carbocycles. The first kappa shape index (κ1) is 16.3. The first-order chi connectivity index (χ1) is 10.1. The van der Waals surface area contributed by atoms with E-state index in [0.29, 0.717) is 6.54 Å². The number of carbonyl (C=O) groups excluding carboxylic acids is 1. The van der Waals surface area contributed by atoms with Crippen LogP contribution < -0.4 is 10.6 Å². The van der Waals surface area contributed by atoms with Gasteiger partial charge in [-0.25, -0.2) is 0 Å². The Hall–Kier alpha value is -1.05. The fraction of sp³-hybridized carbons (Fsp3) is 0.714. The van der Waals surface area contributed by atoms with Gasteiger partial charge < -0.3 is 15.4 Å². The lowest BCUT2D eigenvalue weighted by atomic mass is 9.98. The van der Waals surface area contributed by atoms with E-state index >= 15 is 0 Å². The zero-order valence-electron chi connectivity index (χ0n) is 12.9. The Morgan fingerprint density at radius 2 is 2.29 bits per heavy atom. The van der Waals surface area contributed by atoms with E-state index in [-0.39, 0.29) is 16.7 Å². The summed E-state index contributed by atoms with van der Waals surface area (Å²) in [5, 5.41) is 10.3. The van der Waals surface area contributed by atoms with Crippen LogP contribution >= 0.6 is 11.8 Å². The summed E-state index contributed by atoms with van der Waals surface area (Å²) < 4.78 is 7.23. The zero-order chi connectivity index (χ0) is 15.3. The van der Waals surface area contributed by atoms with Gasteiger partial charge in [-0.2, -0.15) is 16.9 Å². The number of likely N-dealkylation sites (N-methyl/N-ethyl adjacent to an activating group) is 1. The fourth-order valence-electron chi connectivity index (χ4n) is 2.59. The number of nitrogens with zero attached hydrogens (tertiary/aromatic N) is 2. The van der Waals surface area contributed by atoms with Gasteiger partial charge in [0, 0.05) is 43.3 Å². The Labute approximate surface area is 130 Å². The molecule has 1 unspecified atom stereocenters. The van der Waals surface area contributed by atoms with Crippen LogP contribution in [0.15, 0.2) is 12.4 Å². The van der Waals surface area contributed by atoms with Gasteiger partial charge in [0.2, 0.25) is 5.91 Å². The molecule has 21 heavy (non-hydrogen) atoms. The van der Waals surface area contributed by atoms with Gasteiger partial charge in [0.15, 0.2) is 0 Å². The van der Waals surface area contributed by atoms with Crippen LogP contribution in [-0.2, 0) is 16.6 Å². The number of aryl methyl sites for hydroxylation is 1. The average Bonchev–Trinajstić information content (AvgIpc) is 2.93. The molecule has 2 heterocycles. The molecule has 0 aliphatic carbocycles. The third kappa shape index (κ3) is 3.99. The second-order valence-corrected chi connectivity index (χ2v) is 6.66. The lowest BCUT2D eigenvalue weighted by Crippen LogP contribution is -2.46. The van der Waals surface area contributed by atoms with Crippen LogP contribution in [0.5, 0.6) is 0 Å². The van der Waals surface area contributed by atoms with Gasteiger partial charge in [-0.1, -0.05) is 0 Å². The van der Waals surface area contributed by atoms with Crippen LogP contribution in [0.2, 0.25) is 0 Å². The van der Waals surface area contributed by atoms with Crippen LogP contribution in [0.4, 0.5) is 0 Å². The van der Waals surface area contributed by atoms with E-state index in [0.717, 1.165) is 31.6 Å². The monoisotopic (exact) mass is 312 g/mol. The lowest BCUT2D eigenvalue weighted by molar-refractivity contribution is -0.123. The molecule has 7 heteroatoms. The standard InChI is InChI=1S/C14H24N4O2S/c1-15-12(11-8-17-18(2)9-11)13(19)16-10-14(21-3)4-6-20-7-5-14/h8-9,12,15H,4-7,10H2,1-3H3,(H,16,19). The average molecular weight is 312 g/mol. The lowest BCUT2D eigenvalue weighted by Gasteiger charge is -2.36. The summed E-state index contributed by atoms with van der Waals surface area (Å²) in [7, 11) is 3.63. The molecule has 1 saturated heterocycles. The van der Waals surface area contributed by atoms with Gasteiger partial charge in [-0.05, 0) is 26.1 Å². The number of thioether (sulfide) groups is 1. The summed E-state index contributed by atoms with van der Waals surface area (Å²) in [5.74, 6) is -0.00887. The Kier molecular flexibility index (Phi) is 5.66. The van der Waals surface area contributed by atoms with Crippen molar-refractivity contribution in [3.63, 3.8) is 0 Å². The molecule has 0 spiro atoms. The maximum Gasteiger partial charge on any atom is 0.241 e. The Morgan fingerprint density at radius 3 is 2.81 bits per heavy atom. The van der Waals surface area contributed by atoms with Crippen LogP contribution in [-0.4, -0.2) is 53.5 Å². The second-order valence-electron chi connectivity index (χ2n) is 5.39.